The molecular formula is C8H9BrF3NO2S2. The van der Waals surface area contributed by atoms with Crippen LogP contribution in [0.15, 0.2) is 20.1 Å². The monoisotopic (exact) mass is 351 g/mol. The van der Waals surface area contributed by atoms with E-state index in [1.165, 1.54) is 19.1 Å². The molecular weight excluding hydrogens is 343 g/mol. The Labute approximate surface area is 109 Å². The molecule has 1 rings (SSSR count). The summed E-state index contributed by atoms with van der Waals surface area (Å²) < 4.78 is 62.0. The fourth-order valence-electron chi connectivity index (χ4n) is 1.15. The molecule has 0 aliphatic carbocycles. The molecule has 9 heteroatoms. The van der Waals surface area contributed by atoms with Gasteiger partial charge < -0.3 is 0 Å². The van der Waals surface area contributed by atoms with Crippen molar-refractivity contribution in [3.8, 4) is 0 Å². The Morgan fingerprint density at radius 3 is 2.47 bits per heavy atom. The van der Waals surface area contributed by atoms with Crippen LogP contribution in [0.5, 0.6) is 0 Å². The molecule has 1 N–H and O–H groups in total. The van der Waals surface area contributed by atoms with Crippen LogP contribution in [0.4, 0.5) is 13.2 Å². The number of nitrogens with one attached hydrogen (secondary N) is 1. The lowest BCUT2D eigenvalue weighted by Crippen LogP contribution is -2.35. The van der Waals surface area contributed by atoms with Gasteiger partial charge in [0.25, 0.3) is 0 Å². The summed E-state index contributed by atoms with van der Waals surface area (Å²) in [6.45, 7) is 1.17. The summed E-state index contributed by atoms with van der Waals surface area (Å²) in [7, 11) is -3.87. The Morgan fingerprint density at radius 1 is 1.47 bits per heavy atom. The number of sulfonamides is 1. The van der Waals surface area contributed by atoms with E-state index in [-0.39, 0.29) is 4.21 Å². The van der Waals surface area contributed by atoms with Crippen LogP contribution in [0.2, 0.25) is 0 Å². The molecule has 1 heterocycles. The largest absolute Gasteiger partial charge is 0.390 e. The van der Waals surface area contributed by atoms with Crippen LogP contribution >= 0.6 is 27.3 Å². The van der Waals surface area contributed by atoms with E-state index in [1.54, 1.807) is 0 Å². The molecule has 0 amide bonds. The molecule has 1 aromatic heterocycles. The van der Waals surface area contributed by atoms with Crippen molar-refractivity contribution < 1.29 is 21.6 Å². The fourth-order valence-corrected chi connectivity index (χ4v) is 4.42. The maximum atomic E-state index is 12.0. The standard InChI is InChI=1S/C8H9BrF3NO2S2/c1-5(4-8(10,11)12)13-17(14,15)7-3-2-6(9)16-7/h2-3,5,13H,4H2,1H3. The Balaban J connectivity index is 2.74. The highest BCUT2D eigenvalue weighted by molar-refractivity contribution is 9.11. The molecule has 1 unspecified atom stereocenters. The van der Waals surface area contributed by atoms with Gasteiger partial charge in [0, 0.05) is 6.04 Å². The first-order chi connectivity index (χ1) is 7.60. The van der Waals surface area contributed by atoms with Crippen molar-refractivity contribution in [1.82, 2.24) is 4.72 Å². The van der Waals surface area contributed by atoms with Gasteiger partial charge in [-0.3, -0.25) is 0 Å². The average molecular weight is 352 g/mol. The van der Waals surface area contributed by atoms with Crippen molar-refractivity contribution >= 4 is 37.3 Å². The van der Waals surface area contributed by atoms with Gasteiger partial charge in [-0.2, -0.15) is 13.2 Å². The third-order valence-electron chi connectivity index (χ3n) is 1.71. The minimum atomic E-state index is -4.39. The molecule has 0 aromatic carbocycles. The summed E-state index contributed by atoms with van der Waals surface area (Å²) >= 11 is 4.03. The smallest absolute Gasteiger partial charge is 0.207 e. The molecule has 98 valence electrons. The molecule has 0 saturated carbocycles. The van der Waals surface area contributed by atoms with Gasteiger partial charge in [0.2, 0.25) is 10.0 Å². The first-order valence-corrected chi connectivity index (χ1v) is 7.54. The second-order valence-corrected chi connectivity index (χ2v) is 7.80. The molecule has 0 saturated heterocycles. The quantitative estimate of drug-likeness (QED) is 0.905. The lowest BCUT2D eigenvalue weighted by molar-refractivity contribution is -0.137. The highest BCUT2D eigenvalue weighted by Crippen LogP contribution is 2.27. The van der Waals surface area contributed by atoms with Crippen LogP contribution in [0.3, 0.4) is 0 Å². The summed E-state index contributed by atoms with van der Waals surface area (Å²) in [6.07, 6.45) is -5.59. The summed E-state index contributed by atoms with van der Waals surface area (Å²) in [5.74, 6) is 0. The summed E-state index contributed by atoms with van der Waals surface area (Å²) in [6, 6.07) is 1.66. The molecule has 0 radical (unpaired) electrons. The third-order valence-corrected chi connectivity index (χ3v) is 5.41. The number of thiophene rings is 1. The zero-order valence-electron chi connectivity index (χ0n) is 8.58. The first-order valence-electron chi connectivity index (χ1n) is 4.44. The molecule has 0 fully saturated rings. The topological polar surface area (TPSA) is 46.2 Å². The number of halogens is 4. The summed E-state index contributed by atoms with van der Waals surface area (Å²) in [4.78, 5) is 0. The molecule has 0 aliphatic rings. The third kappa shape index (κ3) is 4.94. The van der Waals surface area contributed by atoms with Gasteiger partial charge in [-0.25, -0.2) is 13.1 Å². The second kappa shape index (κ2) is 5.25. The average Bonchev–Trinajstić information content (AvgIpc) is 2.46. The van der Waals surface area contributed by atoms with E-state index in [0.29, 0.717) is 3.79 Å². The maximum absolute atomic E-state index is 12.0. The van der Waals surface area contributed by atoms with Gasteiger partial charge in [0.1, 0.15) is 4.21 Å². The Kier molecular flexibility index (Phi) is 4.61. The predicted octanol–water partition coefficient (Wildman–Crippen LogP) is 3.13. The van der Waals surface area contributed by atoms with Crippen LogP contribution in [-0.2, 0) is 10.0 Å². The van der Waals surface area contributed by atoms with Crippen molar-refractivity contribution in [2.24, 2.45) is 0 Å². The maximum Gasteiger partial charge on any atom is 0.390 e. The molecule has 0 spiro atoms. The van der Waals surface area contributed by atoms with Gasteiger partial charge in [-0.1, -0.05) is 0 Å². The zero-order chi connectivity index (χ0) is 13.3. The number of alkyl halides is 3. The Hall–Kier alpha value is -0.120. The van der Waals surface area contributed by atoms with Crippen LogP contribution in [0, 0.1) is 0 Å². The highest BCUT2D eigenvalue weighted by atomic mass is 79.9. The second-order valence-electron chi connectivity index (χ2n) is 3.40. The Morgan fingerprint density at radius 2 is 2.06 bits per heavy atom. The van der Waals surface area contributed by atoms with Crippen LogP contribution in [-0.4, -0.2) is 20.6 Å². The SMILES string of the molecule is CC(CC(F)(F)F)NS(=O)(=O)c1ccc(Br)s1. The van der Waals surface area contributed by atoms with Gasteiger partial charge in [0.15, 0.2) is 0 Å². The Bertz CT molecular complexity index is 483. The fraction of sp³-hybridized carbons (Fsp3) is 0.500. The van der Waals surface area contributed by atoms with E-state index >= 15 is 0 Å². The van der Waals surface area contributed by atoms with E-state index in [1.807, 2.05) is 4.72 Å². The number of hydrogen-bond acceptors (Lipinski definition) is 3. The van der Waals surface area contributed by atoms with Gasteiger partial charge in [0.05, 0.1) is 10.2 Å². The van der Waals surface area contributed by atoms with Crippen LogP contribution < -0.4 is 4.72 Å². The highest BCUT2D eigenvalue weighted by Gasteiger charge is 2.32. The minimum Gasteiger partial charge on any atom is -0.207 e. The molecule has 1 aromatic rings. The van der Waals surface area contributed by atoms with E-state index in [0.717, 1.165) is 11.3 Å². The summed E-state index contributed by atoms with van der Waals surface area (Å²) in [5.41, 5.74) is 0. The van der Waals surface area contributed by atoms with Gasteiger partial charge >= 0.3 is 6.18 Å². The van der Waals surface area contributed by atoms with Gasteiger partial charge in [-0.05, 0) is 35.0 Å². The van der Waals surface area contributed by atoms with Crippen LogP contribution in [0.1, 0.15) is 13.3 Å². The van der Waals surface area contributed by atoms with Crippen molar-refractivity contribution in [3.63, 3.8) is 0 Å². The normalized spacial score (nSPS) is 14.9. The van der Waals surface area contributed by atoms with Gasteiger partial charge in [-0.15, -0.1) is 11.3 Å². The molecule has 17 heavy (non-hydrogen) atoms. The number of hydrogen-bond donors (Lipinski definition) is 1. The molecule has 1 atom stereocenters. The lowest BCUT2D eigenvalue weighted by Gasteiger charge is -2.15. The molecule has 0 aliphatic heterocycles. The van der Waals surface area contributed by atoms with Crippen LogP contribution in [0.25, 0.3) is 0 Å². The predicted molar refractivity (Wildman–Crippen MR) is 62.5 cm³/mol. The van der Waals surface area contributed by atoms with E-state index in [9.17, 15) is 21.6 Å². The molecule has 0 bridgehead atoms. The first kappa shape index (κ1) is 14.9. The van der Waals surface area contributed by atoms with E-state index in [2.05, 4.69) is 15.9 Å². The van der Waals surface area contributed by atoms with Crippen molar-refractivity contribution in [1.29, 1.82) is 0 Å². The zero-order valence-corrected chi connectivity index (χ0v) is 11.8. The van der Waals surface area contributed by atoms with E-state index < -0.39 is 28.7 Å². The summed E-state index contributed by atoms with van der Waals surface area (Å²) in [5, 5.41) is 0. The van der Waals surface area contributed by atoms with Crippen molar-refractivity contribution in [3.05, 3.63) is 15.9 Å². The lowest BCUT2D eigenvalue weighted by atomic mass is 10.2. The minimum absolute atomic E-state index is 0.0154. The van der Waals surface area contributed by atoms with E-state index in [4.69, 9.17) is 0 Å². The van der Waals surface area contributed by atoms with Crippen molar-refractivity contribution in [2.45, 2.75) is 29.8 Å². The molecule has 3 nitrogen and oxygen atoms in total. The van der Waals surface area contributed by atoms with Crippen molar-refractivity contribution in [2.75, 3.05) is 0 Å². The number of rotatable bonds is 4.